The van der Waals surface area contributed by atoms with E-state index in [0.717, 1.165) is 6.26 Å². The first kappa shape index (κ1) is 21.3. The summed E-state index contributed by atoms with van der Waals surface area (Å²) in [5.41, 5.74) is 0.847. The van der Waals surface area contributed by atoms with E-state index in [0.29, 0.717) is 28.6 Å². The molecule has 0 aromatic heterocycles. The molecule has 0 aliphatic heterocycles. The molecular formula is C18H20Cl2N2O4S. The van der Waals surface area contributed by atoms with Gasteiger partial charge in [-0.1, -0.05) is 41.4 Å². The average Bonchev–Trinajstić information content (AvgIpc) is 2.61. The van der Waals surface area contributed by atoms with E-state index in [1.165, 1.54) is 11.4 Å². The number of amides is 1. The molecule has 0 aliphatic carbocycles. The van der Waals surface area contributed by atoms with Crippen LogP contribution in [0.15, 0.2) is 42.5 Å². The van der Waals surface area contributed by atoms with Crippen LogP contribution < -0.4 is 14.4 Å². The zero-order valence-corrected chi connectivity index (χ0v) is 17.2. The number of sulfonamides is 1. The third-order valence-electron chi connectivity index (χ3n) is 3.74. The van der Waals surface area contributed by atoms with Crippen LogP contribution in [0.1, 0.15) is 12.8 Å². The topological polar surface area (TPSA) is 75.7 Å². The first-order chi connectivity index (χ1) is 12.7. The van der Waals surface area contributed by atoms with Gasteiger partial charge in [-0.2, -0.15) is 0 Å². The molecule has 0 heterocycles. The highest BCUT2D eigenvalue weighted by molar-refractivity contribution is 7.92. The average molecular weight is 431 g/mol. The minimum Gasteiger partial charge on any atom is -0.495 e. The molecule has 2 aromatic carbocycles. The number of halogens is 2. The van der Waals surface area contributed by atoms with Crippen molar-refractivity contribution in [1.82, 2.24) is 0 Å². The van der Waals surface area contributed by atoms with E-state index in [2.05, 4.69) is 5.32 Å². The molecule has 0 spiro atoms. The Morgan fingerprint density at radius 3 is 2.52 bits per heavy atom. The van der Waals surface area contributed by atoms with Crippen molar-refractivity contribution in [2.45, 2.75) is 12.8 Å². The van der Waals surface area contributed by atoms with Gasteiger partial charge in [0.2, 0.25) is 15.9 Å². The van der Waals surface area contributed by atoms with Crippen molar-refractivity contribution >= 4 is 50.5 Å². The van der Waals surface area contributed by atoms with Gasteiger partial charge in [0.15, 0.2) is 0 Å². The summed E-state index contributed by atoms with van der Waals surface area (Å²) in [5.74, 6) is 0.158. The van der Waals surface area contributed by atoms with Gasteiger partial charge in [-0.3, -0.25) is 9.10 Å². The van der Waals surface area contributed by atoms with Crippen molar-refractivity contribution in [2.24, 2.45) is 0 Å². The summed E-state index contributed by atoms with van der Waals surface area (Å²) >= 11 is 12.0. The highest BCUT2D eigenvalue weighted by Crippen LogP contribution is 2.31. The lowest BCUT2D eigenvalue weighted by Crippen LogP contribution is -2.31. The fourth-order valence-electron chi connectivity index (χ4n) is 2.50. The Morgan fingerprint density at radius 1 is 1.15 bits per heavy atom. The summed E-state index contributed by atoms with van der Waals surface area (Å²) in [6.45, 7) is 0.135. The molecular weight excluding hydrogens is 411 g/mol. The third kappa shape index (κ3) is 5.76. The first-order valence-electron chi connectivity index (χ1n) is 8.08. The molecule has 0 unspecified atom stereocenters. The lowest BCUT2D eigenvalue weighted by molar-refractivity contribution is -0.116. The summed E-state index contributed by atoms with van der Waals surface area (Å²) in [6.07, 6.45) is 1.55. The Labute approximate surface area is 169 Å². The Morgan fingerprint density at radius 2 is 1.85 bits per heavy atom. The van der Waals surface area contributed by atoms with Crippen molar-refractivity contribution in [3.05, 3.63) is 52.5 Å². The Balaban J connectivity index is 2.04. The van der Waals surface area contributed by atoms with Gasteiger partial charge in [-0.25, -0.2) is 8.42 Å². The summed E-state index contributed by atoms with van der Waals surface area (Å²) < 4.78 is 30.8. The molecule has 1 amide bonds. The lowest BCUT2D eigenvalue weighted by Gasteiger charge is -2.24. The van der Waals surface area contributed by atoms with E-state index in [-0.39, 0.29) is 23.9 Å². The SMILES string of the molecule is COc1ccccc1N(CCCC(=O)Nc1cccc(Cl)c1Cl)S(C)(=O)=O. The number of anilines is 2. The molecule has 9 heteroatoms. The number of para-hydroxylation sites is 2. The molecule has 0 atom stereocenters. The number of nitrogens with one attached hydrogen (secondary N) is 1. The van der Waals surface area contributed by atoms with Crippen LogP contribution in [0.25, 0.3) is 0 Å². The molecule has 27 heavy (non-hydrogen) atoms. The van der Waals surface area contributed by atoms with Crippen LogP contribution in [-0.4, -0.2) is 34.2 Å². The zero-order chi connectivity index (χ0) is 20.0. The number of hydrogen-bond acceptors (Lipinski definition) is 4. The fraction of sp³-hybridized carbons (Fsp3) is 0.278. The minimum atomic E-state index is -3.54. The number of hydrogen-bond donors (Lipinski definition) is 1. The molecule has 0 radical (unpaired) electrons. The molecule has 0 aliphatic rings. The van der Waals surface area contributed by atoms with Gasteiger partial charge in [-0.05, 0) is 30.7 Å². The maximum atomic E-state index is 12.2. The first-order valence-corrected chi connectivity index (χ1v) is 10.7. The van der Waals surface area contributed by atoms with Crippen LogP contribution >= 0.6 is 23.2 Å². The highest BCUT2D eigenvalue weighted by Gasteiger charge is 2.21. The van der Waals surface area contributed by atoms with E-state index in [4.69, 9.17) is 27.9 Å². The molecule has 2 rings (SSSR count). The normalized spacial score (nSPS) is 11.1. The number of benzene rings is 2. The van der Waals surface area contributed by atoms with Gasteiger partial charge < -0.3 is 10.1 Å². The fourth-order valence-corrected chi connectivity index (χ4v) is 3.81. The van der Waals surface area contributed by atoms with Gasteiger partial charge in [0.25, 0.3) is 0 Å². The second kappa shape index (κ2) is 9.30. The quantitative estimate of drug-likeness (QED) is 0.680. The van der Waals surface area contributed by atoms with Crippen LogP contribution in [-0.2, 0) is 14.8 Å². The second-order valence-corrected chi connectivity index (χ2v) is 8.45. The Hall–Kier alpha value is -1.96. The maximum absolute atomic E-state index is 12.2. The van der Waals surface area contributed by atoms with Crippen LogP contribution in [0.4, 0.5) is 11.4 Å². The molecule has 0 saturated heterocycles. The number of carbonyl (C=O) groups excluding carboxylic acids is 1. The van der Waals surface area contributed by atoms with Gasteiger partial charge in [-0.15, -0.1) is 0 Å². The number of carbonyl (C=O) groups is 1. The summed E-state index contributed by atoms with van der Waals surface area (Å²) in [5, 5.41) is 3.28. The van der Waals surface area contributed by atoms with Gasteiger partial charge in [0.05, 0.1) is 34.8 Å². The molecule has 0 bridgehead atoms. The Bertz CT molecular complexity index is 919. The van der Waals surface area contributed by atoms with E-state index in [1.807, 2.05) is 0 Å². The minimum absolute atomic E-state index is 0.115. The van der Waals surface area contributed by atoms with Crippen molar-refractivity contribution in [1.29, 1.82) is 0 Å². The number of ether oxygens (including phenoxy) is 1. The molecule has 6 nitrogen and oxygen atoms in total. The standard InChI is InChI=1S/C18H20Cl2N2O4S/c1-26-16-10-4-3-9-15(16)22(27(2,24)25)12-6-11-17(23)21-14-8-5-7-13(19)18(14)20/h3-5,7-10H,6,11-12H2,1-2H3,(H,21,23). The van der Waals surface area contributed by atoms with Crippen LogP contribution in [0, 0.1) is 0 Å². The van der Waals surface area contributed by atoms with Crippen LogP contribution in [0.5, 0.6) is 5.75 Å². The summed E-state index contributed by atoms with van der Waals surface area (Å²) in [7, 11) is -2.06. The predicted octanol–water partition coefficient (Wildman–Crippen LogP) is 4.19. The van der Waals surface area contributed by atoms with Crippen molar-refractivity contribution in [3.63, 3.8) is 0 Å². The summed E-state index contributed by atoms with van der Waals surface area (Å²) in [6, 6.07) is 11.8. The molecule has 146 valence electrons. The zero-order valence-electron chi connectivity index (χ0n) is 14.9. The largest absolute Gasteiger partial charge is 0.495 e. The van der Waals surface area contributed by atoms with Crippen molar-refractivity contribution in [2.75, 3.05) is 29.5 Å². The monoisotopic (exact) mass is 430 g/mol. The van der Waals surface area contributed by atoms with E-state index >= 15 is 0 Å². The lowest BCUT2D eigenvalue weighted by atomic mass is 10.2. The van der Waals surface area contributed by atoms with Gasteiger partial charge in [0.1, 0.15) is 5.75 Å². The van der Waals surface area contributed by atoms with Crippen LogP contribution in [0.3, 0.4) is 0 Å². The van der Waals surface area contributed by atoms with E-state index < -0.39 is 10.0 Å². The molecule has 0 fully saturated rings. The van der Waals surface area contributed by atoms with E-state index in [1.54, 1.807) is 42.5 Å². The van der Waals surface area contributed by atoms with Crippen LogP contribution in [0.2, 0.25) is 10.0 Å². The maximum Gasteiger partial charge on any atom is 0.232 e. The highest BCUT2D eigenvalue weighted by atomic mass is 35.5. The molecule has 1 N–H and O–H groups in total. The smallest absolute Gasteiger partial charge is 0.232 e. The molecule has 0 saturated carbocycles. The van der Waals surface area contributed by atoms with E-state index in [9.17, 15) is 13.2 Å². The van der Waals surface area contributed by atoms with Gasteiger partial charge >= 0.3 is 0 Å². The second-order valence-electron chi connectivity index (χ2n) is 5.76. The summed E-state index contributed by atoms with van der Waals surface area (Å²) in [4.78, 5) is 12.2. The van der Waals surface area contributed by atoms with Crippen molar-refractivity contribution in [3.8, 4) is 5.75 Å². The number of rotatable bonds is 8. The number of methoxy groups -OCH3 is 1. The Kier molecular flexibility index (Phi) is 7.35. The van der Waals surface area contributed by atoms with Crippen molar-refractivity contribution < 1.29 is 17.9 Å². The number of nitrogens with zero attached hydrogens (tertiary/aromatic N) is 1. The predicted molar refractivity (Wildman–Crippen MR) is 110 cm³/mol. The van der Waals surface area contributed by atoms with Gasteiger partial charge in [0, 0.05) is 13.0 Å². The molecule has 2 aromatic rings. The third-order valence-corrected chi connectivity index (χ3v) is 5.74.